The molecule has 0 bridgehead atoms. The number of rotatable bonds is 3. The molecule has 0 aromatic rings. The van der Waals surface area contributed by atoms with Crippen LogP contribution in [0.2, 0.25) is 0 Å². The highest BCUT2D eigenvalue weighted by Gasteiger charge is 2.46. The van der Waals surface area contributed by atoms with E-state index in [-0.39, 0.29) is 11.1 Å². The third-order valence-electron chi connectivity index (χ3n) is 5.69. The van der Waals surface area contributed by atoms with E-state index in [1.807, 2.05) is 0 Å². The zero-order valence-electron chi connectivity index (χ0n) is 13.2. The number of hydrogen-bond acceptors (Lipinski definition) is 4. The third kappa shape index (κ3) is 2.76. The number of hydrogen-bond donors (Lipinski definition) is 1. The van der Waals surface area contributed by atoms with E-state index in [4.69, 9.17) is 10.5 Å². The van der Waals surface area contributed by atoms with Gasteiger partial charge in [0.1, 0.15) is 0 Å². The van der Waals surface area contributed by atoms with Crippen LogP contribution in [-0.4, -0.2) is 66.3 Å². The minimum Gasteiger partial charge on any atom is -0.375 e. The van der Waals surface area contributed by atoms with E-state index in [1.165, 1.54) is 45.4 Å². The van der Waals surface area contributed by atoms with E-state index in [0.29, 0.717) is 0 Å². The lowest BCUT2D eigenvalue weighted by atomic mass is 9.80. The van der Waals surface area contributed by atoms with Crippen molar-refractivity contribution >= 4 is 0 Å². The monoisotopic (exact) mass is 281 g/mol. The summed E-state index contributed by atoms with van der Waals surface area (Å²) in [5, 5.41) is 0. The van der Waals surface area contributed by atoms with Crippen LogP contribution < -0.4 is 5.73 Å². The Morgan fingerprint density at radius 3 is 2.60 bits per heavy atom. The number of likely N-dealkylation sites (tertiary alicyclic amines) is 2. The van der Waals surface area contributed by atoms with Crippen LogP contribution in [0.3, 0.4) is 0 Å². The summed E-state index contributed by atoms with van der Waals surface area (Å²) < 4.78 is 5.92. The molecular formula is C16H31N3O. The van der Waals surface area contributed by atoms with E-state index in [0.717, 1.165) is 32.0 Å². The lowest BCUT2D eigenvalue weighted by Gasteiger charge is -2.49. The van der Waals surface area contributed by atoms with Gasteiger partial charge in [-0.25, -0.2) is 0 Å². The number of nitrogens with two attached hydrogens (primary N) is 1. The van der Waals surface area contributed by atoms with Gasteiger partial charge in [-0.1, -0.05) is 0 Å². The fourth-order valence-corrected chi connectivity index (χ4v) is 4.60. The SMILES string of the molecule is CC1(C)CC(CN)(N2CCC(N3CCCC3)C2)CCO1. The maximum atomic E-state index is 6.23. The molecule has 4 nitrogen and oxygen atoms in total. The highest BCUT2D eigenvalue weighted by atomic mass is 16.5. The molecule has 3 aliphatic heterocycles. The highest BCUT2D eigenvalue weighted by molar-refractivity contribution is 5.03. The van der Waals surface area contributed by atoms with Crippen LogP contribution >= 0.6 is 0 Å². The lowest BCUT2D eigenvalue weighted by molar-refractivity contribution is -0.114. The molecule has 3 heterocycles. The summed E-state index contributed by atoms with van der Waals surface area (Å²) in [6.45, 7) is 11.1. The van der Waals surface area contributed by atoms with Crippen molar-refractivity contribution in [2.45, 2.75) is 63.1 Å². The zero-order chi connectivity index (χ0) is 14.2. The average Bonchev–Trinajstić information content (AvgIpc) is 3.08. The summed E-state index contributed by atoms with van der Waals surface area (Å²) in [4.78, 5) is 5.40. The van der Waals surface area contributed by atoms with Crippen molar-refractivity contribution in [2.75, 3.05) is 39.3 Å². The van der Waals surface area contributed by atoms with E-state index in [9.17, 15) is 0 Å². The molecule has 2 N–H and O–H groups in total. The van der Waals surface area contributed by atoms with Gasteiger partial charge in [0, 0.05) is 37.8 Å². The van der Waals surface area contributed by atoms with Gasteiger partial charge in [-0.15, -0.1) is 0 Å². The Hall–Kier alpha value is -0.160. The Balaban J connectivity index is 1.67. The Kier molecular flexibility index (Phi) is 4.10. The van der Waals surface area contributed by atoms with Crippen molar-refractivity contribution in [3.63, 3.8) is 0 Å². The van der Waals surface area contributed by atoms with Gasteiger partial charge >= 0.3 is 0 Å². The second kappa shape index (κ2) is 5.56. The van der Waals surface area contributed by atoms with Crippen LogP contribution in [0.1, 0.15) is 46.0 Å². The van der Waals surface area contributed by atoms with Crippen molar-refractivity contribution in [3.05, 3.63) is 0 Å². The summed E-state index contributed by atoms with van der Waals surface area (Å²) in [5.41, 5.74) is 6.38. The van der Waals surface area contributed by atoms with E-state index in [2.05, 4.69) is 23.6 Å². The summed E-state index contributed by atoms with van der Waals surface area (Å²) in [7, 11) is 0. The molecule has 3 rings (SSSR count). The minimum atomic E-state index is -0.0245. The first-order chi connectivity index (χ1) is 9.55. The molecule has 4 heteroatoms. The normalized spacial score (nSPS) is 39.5. The summed E-state index contributed by atoms with van der Waals surface area (Å²) in [5.74, 6) is 0. The predicted octanol–water partition coefficient (Wildman–Crippen LogP) is 1.44. The highest BCUT2D eigenvalue weighted by Crippen LogP contribution is 2.38. The van der Waals surface area contributed by atoms with Gasteiger partial charge in [0.25, 0.3) is 0 Å². The van der Waals surface area contributed by atoms with Crippen molar-refractivity contribution < 1.29 is 4.74 Å². The Morgan fingerprint density at radius 2 is 1.95 bits per heavy atom. The molecule has 0 spiro atoms. The van der Waals surface area contributed by atoms with Crippen LogP contribution in [0.4, 0.5) is 0 Å². The fourth-order valence-electron chi connectivity index (χ4n) is 4.60. The largest absolute Gasteiger partial charge is 0.375 e. The minimum absolute atomic E-state index is 0.0245. The Bertz CT molecular complexity index is 341. The molecule has 3 saturated heterocycles. The molecule has 0 aromatic heterocycles. The topological polar surface area (TPSA) is 41.7 Å². The number of nitrogens with zero attached hydrogens (tertiary/aromatic N) is 2. The molecule has 2 atom stereocenters. The molecule has 0 aliphatic carbocycles. The predicted molar refractivity (Wildman–Crippen MR) is 81.8 cm³/mol. The van der Waals surface area contributed by atoms with E-state index < -0.39 is 0 Å². The van der Waals surface area contributed by atoms with Crippen molar-refractivity contribution in [1.82, 2.24) is 9.80 Å². The fraction of sp³-hybridized carbons (Fsp3) is 1.00. The Labute approximate surface area is 123 Å². The van der Waals surface area contributed by atoms with Gasteiger partial charge < -0.3 is 10.5 Å². The van der Waals surface area contributed by atoms with Gasteiger partial charge in [-0.05, 0) is 59.0 Å². The van der Waals surface area contributed by atoms with Gasteiger partial charge in [-0.3, -0.25) is 9.80 Å². The second-order valence-corrected chi connectivity index (χ2v) is 7.59. The third-order valence-corrected chi connectivity index (χ3v) is 5.69. The van der Waals surface area contributed by atoms with Gasteiger partial charge in [0.15, 0.2) is 0 Å². The van der Waals surface area contributed by atoms with Crippen LogP contribution in [0.15, 0.2) is 0 Å². The molecule has 2 unspecified atom stereocenters. The van der Waals surface area contributed by atoms with Crippen LogP contribution in [0.5, 0.6) is 0 Å². The van der Waals surface area contributed by atoms with Crippen molar-refractivity contribution in [3.8, 4) is 0 Å². The molecule has 20 heavy (non-hydrogen) atoms. The maximum absolute atomic E-state index is 6.23. The standard InChI is InChI=1S/C16H31N3O/c1-15(2)12-16(13-17,6-10-20-15)19-9-5-14(11-19)18-7-3-4-8-18/h14H,3-13,17H2,1-2H3. The summed E-state index contributed by atoms with van der Waals surface area (Å²) in [6.07, 6.45) is 6.27. The molecule has 0 radical (unpaired) electrons. The lowest BCUT2D eigenvalue weighted by Crippen LogP contribution is -2.60. The maximum Gasteiger partial charge on any atom is 0.0644 e. The van der Waals surface area contributed by atoms with Crippen LogP contribution in [-0.2, 0) is 4.74 Å². The summed E-state index contributed by atoms with van der Waals surface area (Å²) >= 11 is 0. The van der Waals surface area contributed by atoms with Gasteiger partial charge in [-0.2, -0.15) is 0 Å². The zero-order valence-corrected chi connectivity index (χ0v) is 13.2. The first-order valence-electron chi connectivity index (χ1n) is 8.38. The molecule has 0 amide bonds. The van der Waals surface area contributed by atoms with E-state index in [1.54, 1.807) is 0 Å². The first kappa shape index (κ1) is 14.8. The molecule has 3 aliphatic rings. The van der Waals surface area contributed by atoms with Gasteiger partial charge in [0.2, 0.25) is 0 Å². The molecule has 0 saturated carbocycles. The smallest absolute Gasteiger partial charge is 0.0644 e. The van der Waals surface area contributed by atoms with Crippen LogP contribution in [0.25, 0.3) is 0 Å². The molecular weight excluding hydrogens is 250 g/mol. The summed E-state index contributed by atoms with van der Waals surface area (Å²) in [6, 6.07) is 0.770. The Morgan fingerprint density at radius 1 is 1.20 bits per heavy atom. The first-order valence-corrected chi connectivity index (χ1v) is 8.38. The molecule has 3 fully saturated rings. The van der Waals surface area contributed by atoms with Gasteiger partial charge in [0.05, 0.1) is 5.60 Å². The van der Waals surface area contributed by atoms with Crippen molar-refractivity contribution in [1.29, 1.82) is 0 Å². The number of ether oxygens (including phenoxy) is 1. The second-order valence-electron chi connectivity index (χ2n) is 7.59. The average molecular weight is 281 g/mol. The van der Waals surface area contributed by atoms with Crippen LogP contribution in [0, 0.1) is 0 Å². The van der Waals surface area contributed by atoms with Crippen molar-refractivity contribution in [2.24, 2.45) is 5.73 Å². The van der Waals surface area contributed by atoms with E-state index >= 15 is 0 Å². The quantitative estimate of drug-likeness (QED) is 0.850. The molecule has 0 aromatic carbocycles. The molecule has 116 valence electrons.